The van der Waals surface area contributed by atoms with Gasteiger partial charge in [-0.3, -0.25) is 0 Å². The molecule has 2 fully saturated rings. The third kappa shape index (κ3) is 5.29. The minimum Gasteiger partial charge on any atom is -0.383 e. The Labute approximate surface area is 122 Å². The minimum atomic E-state index is 0.0206. The van der Waals surface area contributed by atoms with Crippen molar-refractivity contribution in [2.45, 2.75) is 44.6 Å². The highest BCUT2D eigenvalue weighted by Gasteiger charge is 2.23. The van der Waals surface area contributed by atoms with Crippen molar-refractivity contribution in [3.05, 3.63) is 0 Å². The van der Waals surface area contributed by atoms with Gasteiger partial charge in [-0.1, -0.05) is 19.3 Å². The Morgan fingerprint density at radius 1 is 1.25 bits per heavy atom. The molecular formula is C15H29N3O2. The molecule has 5 heteroatoms. The quantitative estimate of drug-likeness (QED) is 0.778. The van der Waals surface area contributed by atoms with E-state index in [1.165, 1.54) is 25.7 Å². The number of rotatable bonds is 6. The second-order valence-electron chi connectivity index (χ2n) is 6.14. The zero-order valence-electron chi connectivity index (χ0n) is 12.7. The van der Waals surface area contributed by atoms with Crippen LogP contribution >= 0.6 is 0 Å². The van der Waals surface area contributed by atoms with Crippen LogP contribution in [0.1, 0.15) is 38.5 Å². The summed E-state index contributed by atoms with van der Waals surface area (Å²) in [5.41, 5.74) is 0. The second kappa shape index (κ2) is 8.47. The van der Waals surface area contributed by atoms with Crippen molar-refractivity contribution in [3.63, 3.8) is 0 Å². The van der Waals surface area contributed by atoms with Gasteiger partial charge in [0.05, 0.1) is 6.61 Å². The van der Waals surface area contributed by atoms with E-state index in [1.54, 1.807) is 7.11 Å². The molecule has 116 valence electrons. The van der Waals surface area contributed by atoms with Crippen LogP contribution in [0.15, 0.2) is 0 Å². The normalized spacial score (nSPS) is 24.8. The summed E-state index contributed by atoms with van der Waals surface area (Å²) in [4.78, 5) is 14.3. The van der Waals surface area contributed by atoms with E-state index in [-0.39, 0.29) is 6.03 Å². The lowest BCUT2D eigenvalue weighted by Gasteiger charge is -2.23. The molecule has 0 radical (unpaired) electrons. The first kappa shape index (κ1) is 15.6. The maximum Gasteiger partial charge on any atom is 0.315 e. The molecule has 1 atom stereocenters. The lowest BCUT2D eigenvalue weighted by atomic mass is 9.96. The molecule has 0 aromatic carbocycles. The summed E-state index contributed by atoms with van der Waals surface area (Å²) in [5.74, 6) is 0.587. The van der Waals surface area contributed by atoms with Crippen LogP contribution in [0, 0.1) is 5.92 Å². The minimum absolute atomic E-state index is 0.0206. The Morgan fingerprint density at radius 2 is 2.05 bits per heavy atom. The number of carbonyl (C=O) groups excluding carboxylic acids is 1. The molecule has 2 aliphatic rings. The summed E-state index contributed by atoms with van der Waals surface area (Å²) < 4.78 is 5.10. The van der Waals surface area contributed by atoms with Crippen LogP contribution in [0.3, 0.4) is 0 Å². The fourth-order valence-corrected chi connectivity index (χ4v) is 3.22. The van der Waals surface area contributed by atoms with Crippen molar-refractivity contribution in [1.29, 1.82) is 0 Å². The number of carbonyl (C=O) groups is 1. The smallest absolute Gasteiger partial charge is 0.315 e. The third-order valence-electron chi connectivity index (χ3n) is 4.47. The third-order valence-corrected chi connectivity index (χ3v) is 4.47. The van der Waals surface area contributed by atoms with Crippen molar-refractivity contribution in [1.82, 2.24) is 15.5 Å². The molecule has 20 heavy (non-hydrogen) atoms. The molecule has 2 amide bonds. The van der Waals surface area contributed by atoms with Crippen LogP contribution in [0.4, 0.5) is 4.79 Å². The van der Waals surface area contributed by atoms with Gasteiger partial charge in [-0.05, 0) is 31.7 Å². The molecule has 5 nitrogen and oxygen atoms in total. The SMILES string of the molecule is COCCN1CCC(CNC(=O)NC2CCCCC2)C1. The first-order chi connectivity index (χ1) is 9.78. The summed E-state index contributed by atoms with van der Waals surface area (Å²) in [7, 11) is 1.74. The van der Waals surface area contributed by atoms with Crippen molar-refractivity contribution < 1.29 is 9.53 Å². The van der Waals surface area contributed by atoms with E-state index in [9.17, 15) is 4.79 Å². The van der Waals surface area contributed by atoms with Gasteiger partial charge in [0.1, 0.15) is 0 Å². The van der Waals surface area contributed by atoms with Crippen molar-refractivity contribution in [2.24, 2.45) is 5.92 Å². The first-order valence-electron chi connectivity index (χ1n) is 8.03. The number of hydrogen-bond acceptors (Lipinski definition) is 3. The van der Waals surface area contributed by atoms with Crippen LogP contribution in [-0.4, -0.2) is 56.9 Å². The van der Waals surface area contributed by atoms with E-state index in [0.717, 1.165) is 45.6 Å². The zero-order valence-corrected chi connectivity index (χ0v) is 12.7. The topological polar surface area (TPSA) is 53.6 Å². The van der Waals surface area contributed by atoms with Gasteiger partial charge < -0.3 is 20.3 Å². The van der Waals surface area contributed by atoms with Crippen molar-refractivity contribution >= 4 is 6.03 Å². The summed E-state index contributed by atoms with van der Waals surface area (Å²) in [5, 5.41) is 6.15. The zero-order chi connectivity index (χ0) is 14.2. The van der Waals surface area contributed by atoms with Crippen LogP contribution in [0.25, 0.3) is 0 Å². The Morgan fingerprint density at radius 3 is 2.80 bits per heavy atom. The average molecular weight is 283 g/mol. The van der Waals surface area contributed by atoms with Gasteiger partial charge >= 0.3 is 6.03 Å². The monoisotopic (exact) mass is 283 g/mol. The van der Waals surface area contributed by atoms with Gasteiger partial charge in [0, 0.05) is 32.8 Å². The molecule has 0 bridgehead atoms. The Bertz CT molecular complexity index is 293. The predicted octanol–water partition coefficient (Wildman–Crippen LogP) is 1.59. The van der Waals surface area contributed by atoms with E-state index in [2.05, 4.69) is 15.5 Å². The van der Waals surface area contributed by atoms with Crippen LogP contribution in [0.2, 0.25) is 0 Å². The van der Waals surface area contributed by atoms with Crippen molar-refractivity contribution in [2.75, 3.05) is 39.9 Å². The van der Waals surface area contributed by atoms with Crippen LogP contribution < -0.4 is 10.6 Å². The maximum atomic E-state index is 11.9. The Hall–Kier alpha value is -0.810. The lowest BCUT2D eigenvalue weighted by Crippen LogP contribution is -2.44. The molecule has 1 aliphatic carbocycles. The summed E-state index contributed by atoms with van der Waals surface area (Å²) >= 11 is 0. The van der Waals surface area contributed by atoms with E-state index in [1.807, 2.05) is 0 Å². The average Bonchev–Trinajstić information content (AvgIpc) is 2.92. The number of hydrogen-bond donors (Lipinski definition) is 2. The fraction of sp³-hybridized carbons (Fsp3) is 0.933. The summed E-state index contributed by atoms with van der Waals surface area (Å²) in [6.07, 6.45) is 7.28. The van der Waals surface area contributed by atoms with Gasteiger partial charge in [-0.2, -0.15) is 0 Å². The standard InChI is InChI=1S/C15H29N3O2/c1-20-10-9-18-8-7-13(12-18)11-16-15(19)17-14-5-3-2-4-6-14/h13-14H,2-12H2,1H3,(H2,16,17,19). The highest BCUT2D eigenvalue weighted by Crippen LogP contribution is 2.17. The number of urea groups is 1. The van der Waals surface area contributed by atoms with E-state index < -0.39 is 0 Å². The first-order valence-corrected chi connectivity index (χ1v) is 8.03. The Kier molecular flexibility index (Phi) is 6.60. The highest BCUT2D eigenvalue weighted by atomic mass is 16.5. The molecule has 0 spiro atoms. The van der Waals surface area contributed by atoms with E-state index in [4.69, 9.17) is 4.74 Å². The Balaban J connectivity index is 1.57. The molecule has 1 saturated heterocycles. The number of ether oxygens (including phenoxy) is 1. The van der Waals surface area contributed by atoms with E-state index >= 15 is 0 Å². The maximum absolute atomic E-state index is 11.9. The van der Waals surface area contributed by atoms with Gasteiger partial charge in [-0.15, -0.1) is 0 Å². The number of amides is 2. The molecule has 0 aromatic rings. The molecule has 1 unspecified atom stereocenters. The number of nitrogens with one attached hydrogen (secondary N) is 2. The van der Waals surface area contributed by atoms with Gasteiger partial charge in [0.15, 0.2) is 0 Å². The van der Waals surface area contributed by atoms with Gasteiger partial charge in [0.25, 0.3) is 0 Å². The molecule has 1 saturated carbocycles. The largest absolute Gasteiger partial charge is 0.383 e. The lowest BCUT2D eigenvalue weighted by molar-refractivity contribution is 0.159. The van der Waals surface area contributed by atoms with Gasteiger partial charge in [-0.25, -0.2) is 4.79 Å². The molecule has 2 N–H and O–H groups in total. The molecule has 2 rings (SSSR count). The number of methoxy groups -OCH3 is 1. The number of likely N-dealkylation sites (tertiary alicyclic amines) is 1. The van der Waals surface area contributed by atoms with Crippen molar-refractivity contribution in [3.8, 4) is 0 Å². The second-order valence-corrected chi connectivity index (χ2v) is 6.14. The van der Waals surface area contributed by atoms with Crippen LogP contribution in [0.5, 0.6) is 0 Å². The molecule has 1 heterocycles. The summed E-state index contributed by atoms with van der Waals surface area (Å²) in [6.45, 7) is 4.79. The van der Waals surface area contributed by atoms with E-state index in [0.29, 0.717) is 12.0 Å². The van der Waals surface area contributed by atoms with Crippen LogP contribution in [-0.2, 0) is 4.74 Å². The predicted molar refractivity (Wildman–Crippen MR) is 79.8 cm³/mol. The highest BCUT2D eigenvalue weighted by molar-refractivity contribution is 5.74. The fourth-order valence-electron chi connectivity index (χ4n) is 3.22. The molecule has 1 aliphatic heterocycles. The number of nitrogens with zero attached hydrogens (tertiary/aromatic N) is 1. The molecular weight excluding hydrogens is 254 g/mol. The summed E-state index contributed by atoms with van der Waals surface area (Å²) in [6, 6.07) is 0.415. The molecule has 0 aromatic heterocycles. The van der Waals surface area contributed by atoms with Gasteiger partial charge in [0.2, 0.25) is 0 Å².